The van der Waals surface area contributed by atoms with Crippen LogP contribution in [0.1, 0.15) is 19.8 Å². The Morgan fingerprint density at radius 3 is 2.44 bits per heavy atom. The van der Waals surface area contributed by atoms with Gasteiger partial charge in [0.05, 0.1) is 6.61 Å². The van der Waals surface area contributed by atoms with E-state index < -0.39 is 8.56 Å². The smallest absolute Gasteiger partial charge is 0.331 e. The van der Waals surface area contributed by atoms with Crippen LogP contribution in [-0.2, 0) is 18.4 Å². The van der Waals surface area contributed by atoms with E-state index >= 15 is 0 Å². The highest BCUT2D eigenvalue weighted by Gasteiger charge is 2.21. The van der Waals surface area contributed by atoms with Crippen molar-refractivity contribution in [2.24, 2.45) is 0 Å². The maximum atomic E-state index is 10.9. The van der Waals surface area contributed by atoms with Crippen LogP contribution in [0.15, 0.2) is 12.2 Å². The van der Waals surface area contributed by atoms with E-state index in [1.807, 2.05) is 13.1 Å². The Hall–Kier alpha value is -0.653. The number of esters is 1. The maximum Gasteiger partial charge on any atom is 0.331 e. The van der Waals surface area contributed by atoms with Crippen molar-refractivity contribution < 1.29 is 18.4 Å². The summed E-state index contributed by atoms with van der Waals surface area (Å²) < 4.78 is 15.8. The summed E-state index contributed by atoms with van der Waals surface area (Å²) in [6.07, 6.45) is 4.77. The molecule has 0 unspecified atom stereocenters. The quantitative estimate of drug-likeness (QED) is 0.285. The molecule has 0 atom stereocenters. The second-order valence-corrected chi connectivity index (χ2v) is 7.32. The van der Waals surface area contributed by atoms with Gasteiger partial charge >= 0.3 is 14.5 Å². The second kappa shape index (κ2) is 8.49. The summed E-state index contributed by atoms with van der Waals surface area (Å²) in [7, 11) is -0.219. The van der Waals surface area contributed by atoms with Crippen molar-refractivity contribution in [1.29, 1.82) is 0 Å². The Kier molecular flexibility index (Phi) is 8.15. The molecule has 0 aromatic heterocycles. The van der Waals surface area contributed by atoms with E-state index in [1.54, 1.807) is 20.1 Å². The standard InChI is InChI=1S/C11H22O4Si/c1-5-8-11(12)14-9-6-7-10-15-16(3,4)13-2/h5,8H,6-7,9-10H2,1-4H3. The first kappa shape index (κ1) is 15.3. The molecule has 0 bridgehead atoms. The molecule has 0 amide bonds. The van der Waals surface area contributed by atoms with Crippen molar-refractivity contribution in [3.63, 3.8) is 0 Å². The molecule has 0 aromatic carbocycles. The molecule has 94 valence electrons. The summed E-state index contributed by atoms with van der Waals surface area (Å²) in [6.45, 7) is 6.89. The molecule has 5 heteroatoms. The van der Waals surface area contributed by atoms with E-state index in [4.69, 9.17) is 13.6 Å². The van der Waals surface area contributed by atoms with Gasteiger partial charge in [0.1, 0.15) is 0 Å². The summed E-state index contributed by atoms with van der Waals surface area (Å²) in [4.78, 5) is 10.9. The number of hydrogen-bond acceptors (Lipinski definition) is 4. The summed E-state index contributed by atoms with van der Waals surface area (Å²) in [5.74, 6) is -0.282. The van der Waals surface area contributed by atoms with Gasteiger partial charge in [0, 0.05) is 19.8 Å². The maximum absolute atomic E-state index is 10.9. The van der Waals surface area contributed by atoms with E-state index in [0.717, 1.165) is 12.8 Å². The van der Waals surface area contributed by atoms with Crippen molar-refractivity contribution >= 4 is 14.5 Å². The minimum Gasteiger partial charge on any atom is -0.463 e. The van der Waals surface area contributed by atoms with Gasteiger partial charge in [-0.15, -0.1) is 0 Å². The molecule has 0 heterocycles. The van der Waals surface area contributed by atoms with E-state index in [9.17, 15) is 4.79 Å². The molecule has 0 saturated carbocycles. The number of unbranched alkanes of at least 4 members (excludes halogenated alkanes) is 1. The van der Waals surface area contributed by atoms with Crippen LogP contribution in [0.2, 0.25) is 13.1 Å². The average Bonchev–Trinajstić information content (AvgIpc) is 2.23. The van der Waals surface area contributed by atoms with Gasteiger partial charge in [-0.1, -0.05) is 6.08 Å². The number of hydrogen-bond donors (Lipinski definition) is 0. The normalized spacial score (nSPS) is 12.0. The summed E-state index contributed by atoms with van der Waals surface area (Å²) in [5, 5.41) is 0. The predicted octanol–water partition coefficient (Wildman–Crippen LogP) is 2.25. The Morgan fingerprint density at radius 2 is 1.88 bits per heavy atom. The molecule has 4 nitrogen and oxygen atoms in total. The zero-order valence-electron chi connectivity index (χ0n) is 10.6. The summed E-state index contributed by atoms with van der Waals surface area (Å²) >= 11 is 0. The lowest BCUT2D eigenvalue weighted by atomic mass is 10.3. The average molecular weight is 246 g/mol. The van der Waals surface area contributed by atoms with Crippen molar-refractivity contribution in [3.05, 3.63) is 12.2 Å². The lowest BCUT2D eigenvalue weighted by Gasteiger charge is -2.19. The van der Waals surface area contributed by atoms with Crippen molar-refractivity contribution in [2.75, 3.05) is 20.3 Å². The van der Waals surface area contributed by atoms with Crippen LogP contribution in [0.25, 0.3) is 0 Å². The highest BCUT2D eigenvalue weighted by atomic mass is 28.4. The highest BCUT2D eigenvalue weighted by Crippen LogP contribution is 2.05. The lowest BCUT2D eigenvalue weighted by molar-refractivity contribution is -0.137. The molecule has 0 aromatic rings. The van der Waals surface area contributed by atoms with Crippen molar-refractivity contribution in [2.45, 2.75) is 32.9 Å². The Morgan fingerprint density at radius 1 is 1.25 bits per heavy atom. The topological polar surface area (TPSA) is 44.8 Å². The molecule has 16 heavy (non-hydrogen) atoms. The largest absolute Gasteiger partial charge is 0.463 e. The minimum absolute atomic E-state index is 0.282. The zero-order valence-corrected chi connectivity index (χ0v) is 11.6. The number of allylic oxidation sites excluding steroid dienone is 1. The molecule has 0 spiro atoms. The Labute approximate surface area is 98.8 Å². The highest BCUT2D eigenvalue weighted by molar-refractivity contribution is 6.64. The number of carbonyl (C=O) groups excluding carboxylic acids is 1. The van der Waals surface area contributed by atoms with Crippen LogP contribution < -0.4 is 0 Å². The van der Waals surface area contributed by atoms with E-state index in [-0.39, 0.29) is 5.97 Å². The lowest BCUT2D eigenvalue weighted by Crippen LogP contribution is -2.33. The molecule has 0 N–H and O–H groups in total. The van der Waals surface area contributed by atoms with Gasteiger partial charge in [-0.3, -0.25) is 0 Å². The van der Waals surface area contributed by atoms with Crippen LogP contribution in [0.4, 0.5) is 0 Å². The molecule has 0 saturated heterocycles. The SMILES string of the molecule is CC=CC(=O)OCCCCO[Si](C)(C)OC. The van der Waals surface area contributed by atoms with Crippen LogP contribution in [0.3, 0.4) is 0 Å². The van der Waals surface area contributed by atoms with Gasteiger partial charge < -0.3 is 13.6 Å². The van der Waals surface area contributed by atoms with E-state index in [1.165, 1.54) is 6.08 Å². The molecule has 0 aliphatic rings. The molecule has 0 fully saturated rings. The zero-order chi connectivity index (χ0) is 12.4. The first-order valence-corrected chi connectivity index (χ1v) is 8.32. The number of ether oxygens (including phenoxy) is 1. The van der Waals surface area contributed by atoms with Crippen LogP contribution in [-0.4, -0.2) is 34.9 Å². The van der Waals surface area contributed by atoms with Crippen LogP contribution >= 0.6 is 0 Å². The first-order valence-electron chi connectivity index (χ1n) is 5.50. The van der Waals surface area contributed by atoms with Crippen molar-refractivity contribution in [1.82, 2.24) is 0 Å². The third-order valence-corrected chi connectivity index (χ3v) is 3.91. The summed E-state index contributed by atoms with van der Waals surface area (Å²) in [6, 6.07) is 0. The second-order valence-electron chi connectivity index (χ2n) is 3.83. The first-order chi connectivity index (χ1) is 7.52. The van der Waals surface area contributed by atoms with Gasteiger partial charge in [0.2, 0.25) is 0 Å². The minimum atomic E-state index is -1.89. The molecular formula is C11H22O4Si. The van der Waals surface area contributed by atoms with Crippen molar-refractivity contribution in [3.8, 4) is 0 Å². The fourth-order valence-electron chi connectivity index (χ4n) is 0.938. The number of carbonyl (C=O) groups is 1. The van der Waals surface area contributed by atoms with E-state index in [2.05, 4.69) is 0 Å². The molecular weight excluding hydrogens is 224 g/mol. The Bertz CT molecular complexity index is 226. The van der Waals surface area contributed by atoms with Gasteiger partial charge in [-0.05, 0) is 32.9 Å². The third kappa shape index (κ3) is 8.64. The van der Waals surface area contributed by atoms with Crippen LogP contribution in [0, 0.1) is 0 Å². The number of rotatable bonds is 8. The van der Waals surface area contributed by atoms with Gasteiger partial charge in [-0.25, -0.2) is 4.79 Å². The van der Waals surface area contributed by atoms with Gasteiger partial charge in [0.15, 0.2) is 0 Å². The molecule has 0 rings (SSSR count). The third-order valence-electron chi connectivity index (χ3n) is 2.03. The fraction of sp³-hybridized carbons (Fsp3) is 0.727. The van der Waals surface area contributed by atoms with Crippen LogP contribution in [0.5, 0.6) is 0 Å². The fourth-order valence-corrected chi connectivity index (χ4v) is 1.69. The molecule has 0 aliphatic carbocycles. The summed E-state index contributed by atoms with van der Waals surface area (Å²) in [5.41, 5.74) is 0. The van der Waals surface area contributed by atoms with Gasteiger partial charge in [0.25, 0.3) is 0 Å². The monoisotopic (exact) mass is 246 g/mol. The predicted molar refractivity (Wildman–Crippen MR) is 65.5 cm³/mol. The molecule has 0 aliphatic heterocycles. The molecule has 0 radical (unpaired) electrons. The Balaban J connectivity index is 3.38. The van der Waals surface area contributed by atoms with Gasteiger partial charge in [-0.2, -0.15) is 0 Å². The van der Waals surface area contributed by atoms with E-state index in [0.29, 0.717) is 13.2 Å².